The second kappa shape index (κ2) is 6.88. The zero-order valence-electron chi connectivity index (χ0n) is 11.5. The summed E-state index contributed by atoms with van der Waals surface area (Å²) in [5, 5.41) is 30.4. The minimum atomic E-state index is -1.25. The fraction of sp³-hybridized carbons (Fsp3) is 0.0714. The third-order valence-electron chi connectivity index (χ3n) is 2.95. The third kappa shape index (κ3) is 4.04. The van der Waals surface area contributed by atoms with Crippen LogP contribution in [-0.4, -0.2) is 20.9 Å². The van der Waals surface area contributed by atoms with Gasteiger partial charge in [-0.25, -0.2) is 4.79 Å². The lowest BCUT2D eigenvalue weighted by atomic mass is 10.2. The van der Waals surface area contributed by atoms with Crippen molar-refractivity contribution >= 4 is 29.1 Å². The van der Waals surface area contributed by atoms with Crippen molar-refractivity contribution in [1.82, 2.24) is 0 Å². The summed E-state index contributed by atoms with van der Waals surface area (Å²) in [5.41, 5.74) is 0.309. The van der Waals surface area contributed by atoms with Gasteiger partial charge in [0.05, 0.1) is 15.4 Å². The summed E-state index contributed by atoms with van der Waals surface area (Å²) in [6, 6.07) is 9.53. The van der Waals surface area contributed by atoms with E-state index in [-0.39, 0.29) is 16.9 Å². The molecule has 0 heterocycles. The molecule has 0 aromatic heterocycles. The lowest BCUT2D eigenvalue weighted by Crippen LogP contribution is -2.01. The van der Waals surface area contributed by atoms with Crippen molar-refractivity contribution in [2.24, 2.45) is 0 Å². The van der Waals surface area contributed by atoms with Gasteiger partial charge in [-0.3, -0.25) is 20.2 Å². The number of carboxylic acid groups (broad SMARTS) is 1. The summed E-state index contributed by atoms with van der Waals surface area (Å²) < 4.78 is 0. The SMILES string of the molecule is O=C(O)c1cc([N+](=O)[O-])ccc1SCc1ccc([N+](=O)[O-])cc1. The van der Waals surface area contributed by atoms with E-state index < -0.39 is 15.8 Å². The predicted molar refractivity (Wildman–Crippen MR) is 82.7 cm³/mol. The smallest absolute Gasteiger partial charge is 0.337 e. The second-order valence-electron chi connectivity index (χ2n) is 4.45. The van der Waals surface area contributed by atoms with Crippen molar-refractivity contribution < 1.29 is 19.7 Å². The fourth-order valence-electron chi connectivity index (χ4n) is 1.80. The Hall–Kier alpha value is -2.94. The first-order valence-electron chi connectivity index (χ1n) is 6.26. The molecule has 2 aromatic carbocycles. The van der Waals surface area contributed by atoms with Crippen molar-refractivity contribution in [2.45, 2.75) is 10.6 Å². The highest BCUT2D eigenvalue weighted by molar-refractivity contribution is 7.98. The van der Waals surface area contributed by atoms with Crippen molar-refractivity contribution in [1.29, 1.82) is 0 Å². The minimum Gasteiger partial charge on any atom is -0.478 e. The monoisotopic (exact) mass is 334 g/mol. The van der Waals surface area contributed by atoms with E-state index in [0.29, 0.717) is 10.6 Å². The van der Waals surface area contributed by atoms with Crippen LogP contribution in [0.2, 0.25) is 0 Å². The summed E-state index contributed by atoms with van der Waals surface area (Å²) in [6.07, 6.45) is 0. The maximum Gasteiger partial charge on any atom is 0.337 e. The van der Waals surface area contributed by atoms with E-state index >= 15 is 0 Å². The van der Waals surface area contributed by atoms with Gasteiger partial charge in [0.25, 0.3) is 11.4 Å². The Labute approximate surface area is 134 Å². The molecule has 0 aliphatic rings. The van der Waals surface area contributed by atoms with Crippen LogP contribution in [0.1, 0.15) is 15.9 Å². The third-order valence-corrected chi connectivity index (χ3v) is 4.09. The zero-order chi connectivity index (χ0) is 17.0. The molecular formula is C14H10N2O6S. The standard InChI is InChI=1S/C14H10N2O6S/c17-14(18)12-7-11(16(21)22)5-6-13(12)23-8-9-1-3-10(4-2-9)15(19)20/h1-7H,8H2,(H,17,18). The van der Waals surface area contributed by atoms with Gasteiger partial charge in [0.15, 0.2) is 0 Å². The zero-order valence-corrected chi connectivity index (χ0v) is 12.4. The molecule has 2 rings (SSSR count). The number of benzene rings is 2. The van der Waals surface area contributed by atoms with Crippen molar-refractivity contribution in [3.05, 3.63) is 73.8 Å². The van der Waals surface area contributed by atoms with Gasteiger partial charge in [0.1, 0.15) is 0 Å². The number of non-ortho nitro benzene ring substituents is 2. The van der Waals surface area contributed by atoms with Crippen LogP contribution in [0.5, 0.6) is 0 Å². The average Bonchev–Trinajstić information content (AvgIpc) is 2.52. The van der Waals surface area contributed by atoms with E-state index in [1.54, 1.807) is 12.1 Å². The lowest BCUT2D eigenvalue weighted by Gasteiger charge is -2.06. The van der Waals surface area contributed by atoms with Crippen molar-refractivity contribution in [3.63, 3.8) is 0 Å². The van der Waals surface area contributed by atoms with Crippen LogP contribution in [0.4, 0.5) is 11.4 Å². The number of aromatic carboxylic acids is 1. The lowest BCUT2D eigenvalue weighted by molar-refractivity contribution is -0.385. The van der Waals surface area contributed by atoms with Crippen LogP contribution in [-0.2, 0) is 5.75 Å². The fourth-order valence-corrected chi connectivity index (χ4v) is 2.78. The van der Waals surface area contributed by atoms with Crippen molar-refractivity contribution in [3.8, 4) is 0 Å². The number of carbonyl (C=O) groups is 1. The molecule has 0 fully saturated rings. The topological polar surface area (TPSA) is 124 Å². The van der Waals surface area contributed by atoms with E-state index in [1.165, 1.54) is 36.0 Å². The van der Waals surface area contributed by atoms with Gasteiger partial charge < -0.3 is 5.11 Å². The number of nitro groups is 2. The van der Waals surface area contributed by atoms with E-state index in [9.17, 15) is 25.0 Å². The quantitative estimate of drug-likeness (QED) is 0.487. The molecule has 0 radical (unpaired) electrons. The molecule has 0 atom stereocenters. The first-order chi connectivity index (χ1) is 10.9. The van der Waals surface area contributed by atoms with Gasteiger partial charge >= 0.3 is 5.97 Å². The highest BCUT2D eigenvalue weighted by atomic mass is 32.2. The van der Waals surface area contributed by atoms with Gasteiger partial charge in [-0.05, 0) is 11.6 Å². The maximum absolute atomic E-state index is 11.2. The Bertz CT molecular complexity index is 775. The summed E-state index contributed by atoms with van der Waals surface area (Å²) >= 11 is 1.19. The molecule has 23 heavy (non-hydrogen) atoms. The Kier molecular flexibility index (Phi) is 4.91. The van der Waals surface area contributed by atoms with E-state index in [0.717, 1.165) is 11.6 Å². The Balaban J connectivity index is 2.18. The molecule has 0 aliphatic heterocycles. The Morgan fingerprint density at radius 3 is 2.09 bits per heavy atom. The number of nitrogens with zero attached hydrogens (tertiary/aromatic N) is 2. The number of hydrogen-bond acceptors (Lipinski definition) is 6. The summed E-state index contributed by atoms with van der Waals surface area (Å²) in [4.78, 5) is 31.7. The number of rotatable bonds is 6. The van der Waals surface area contributed by atoms with Gasteiger partial charge in [-0.2, -0.15) is 0 Å². The number of thioether (sulfide) groups is 1. The highest BCUT2D eigenvalue weighted by Gasteiger charge is 2.16. The van der Waals surface area contributed by atoms with Gasteiger partial charge in [-0.15, -0.1) is 11.8 Å². The van der Waals surface area contributed by atoms with Gasteiger partial charge in [0.2, 0.25) is 0 Å². The Morgan fingerprint density at radius 1 is 1.00 bits per heavy atom. The molecule has 2 aromatic rings. The molecule has 0 saturated heterocycles. The van der Waals surface area contributed by atoms with Crippen LogP contribution in [0.3, 0.4) is 0 Å². The van der Waals surface area contributed by atoms with Gasteiger partial charge in [-0.1, -0.05) is 12.1 Å². The van der Waals surface area contributed by atoms with Crippen LogP contribution < -0.4 is 0 Å². The molecule has 118 valence electrons. The molecular weight excluding hydrogens is 324 g/mol. The highest BCUT2D eigenvalue weighted by Crippen LogP contribution is 2.29. The molecule has 0 amide bonds. The predicted octanol–water partition coefficient (Wildman–Crippen LogP) is 3.49. The Morgan fingerprint density at radius 2 is 1.57 bits per heavy atom. The normalized spacial score (nSPS) is 10.3. The first kappa shape index (κ1) is 16.4. The van der Waals surface area contributed by atoms with Crippen molar-refractivity contribution in [2.75, 3.05) is 0 Å². The molecule has 0 spiro atoms. The number of nitro benzene ring substituents is 2. The van der Waals surface area contributed by atoms with Crippen LogP contribution in [0.15, 0.2) is 47.4 Å². The van der Waals surface area contributed by atoms with E-state index in [4.69, 9.17) is 5.11 Å². The number of hydrogen-bond donors (Lipinski definition) is 1. The minimum absolute atomic E-state index is 0.0275. The van der Waals surface area contributed by atoms with Crippen LogP contribution in [0.25, 0.3) is 0 Å². The summed E-state index contributed by atoms with van der Waals surface area (Å²) in [6.45, 7) is 0. The average molecular weight is 334 g/mol. The van der Waals surface area contributed by atoms with Crippen LogP contribution in [0, 0.1) is 20.2 Å². The largest absolute Gasteiger partial charge is 0.478 e. The van der Waals surface area contributed by atoms with E-state index in [1.807, 2.05) is 0 Å². The molecule has 0 unspecified atom stereocenters. The molecule has 0 aliphatic carbocycles. The molecule has 0 saturated carbocycles. The van der Waals surface area contributed by atoms with E-state index in [2.05, 4.69) is 0 Å². The molecule has 8 nitrogen and oxygen atoms in total. The summed E-state index contributed by atoms with van der Waals surface area (Å²) in [7, 11) is 0. The van der Waals surface area contributed by atoms with Gasteiger partial charge in [0, 0.05) is 34.9 Å². The van der Waals surface area contributed by atoms with Crippen LogP contribution >= 0.6 is 11.8 Å². The summed E-state index contributed by atoms with van der Waals surface area (Å²) in [5.74, 6) is -0.865. The molecule has 1 N–H and O–H groups in total. The molecule has 0 bridgehead atoms. The second-order valence-corrected chi connectivity index (χ2v) is 5.47. The first-order valence-corrected chi connectivity index (χ1v) is 7.25. The number of carboxylic acids is 1. The molecule has 9 heteroatoms. The maximum atomic E-state index is 11.2.